The number of hydrogen-bond acceptors (Lipinski definition) is 10. The van der Waals surface area contributed by atoms with E-state index in [9.17, 15) is 34.8 Å². The van der Waals surface area contributed by atoms with Crippen LogP contribution in [0.1, 0.15) is 35.2 Å². The topological polar surface area (TPSA) is 177 Å². The molecule has 1 aromatic carbocycles. The van der Waals surface area contributed by atoms with Gasteiger partial charge in [0.05, 0.1) is 17.3 Å². The Morgan fingerprint density at radius 3 is 2.42 bits per heavy atom. The summed E-state index contributed by atoms with van der Waals surface area (Å²) < 4.78 is 0. The van der Waals surface area contributed by atoms with Gasteiger partial charge in [-0.25, -0.2) is 0 Å². The smallest absolute Gasteiger partial charge is 0.255 e. The van der Waals surface area contributed by atoms with E-state index in [4.69, 9.17) is 5.73 Å². The second kappa shape index (κ2) is 9.11. The number of allylic oxidation sites excluding steroid dienone is 1. The third kappa shape index (κ3) is 3.71. The molecule has 5 rings (SSSR count). The van der Waals surface area contributed by atoms with Gasteiger partial charge in [-0.2, -0.15) is 0 Å². The summed E-state index contributed by atoms with van der Waals surface area (Å²) in [5.41, 5.74) is 2.78. The third-order valence-electron chi connectivity index (χ3n) is 8.67. The van der Waals surface area contributed by atoms with Crippen molar-refractivity contribution in [3.63, 3.8) is 0 Å². The molecule has 38 heavy (non-hydrogen) atoms. The number of phenolic OH excluding ortho intramolecular Hbond substituents is 1. The van der Waals surface area contributed by atoms with Crippen molar-refractivity contribution in [2.45, 2.75) is 43.4 Å². The van der Waals surface area contributed by atoms with E-state index in [1.165, 1.54) is 4.90 Å². The maximum absolute atomic E-state index is 13.8. The van der Waals surface area contributed by atoms with Gasteiger partial charge in [0, 0.05) is 17.5 Å². The summed E-state index contributed by atoms with van der Waals surface area (Å²) in [7, 11) is 5.25. The number of amides is 1. The van der Waals surface area contributed by atoms with Gasteiger partial charge in [0.15, 0.2) is 11.4 Å². The van der Waals surface area contributed by atoms with Crippen LogP contribution in [0.4, 0.5) is 5.69 Å². The van der Waals surface area contributed by atoms with Crippen molar-refractivity contribution in [2.24, 2.45) is 17.6 Å². The van der Waals surface area contributed by atoms with Crippen LogP contribution >= 0.6 is 0 Å². The van der Waals surface area contributed by atoms with Crippen LogP contribution in [0, 0.1) is 11.8 Å². The lowest BCUT2D eigenvalue weighted by molar-refractivity contribution is -0.148. The highest BCUT2D eigenvalue weighted by molar-refractivity contribution is 6.24. The van der Waals surface area contributed by atoms with Crippen molar-refractivity contribution in [3.05, 3.63) is 45.9 Å². The molecule has 11 nitrogen and oxygen atoms in total. The highest BCUT2D eigenvalue weighted by Gasteiger charge is 2.63. The standard InChI is InChI=1S/C27H34N4O7/c1-30(2)20-15-11-13-10-12-4-5-16(29-14-6-8-31(3)9-7-14)21(32)17(12)22(33)18(13)24(35)27(15,38)25(36)19(23(20)34)26(28)37/h4-5,13-15,20,29,32,34-35,38H,6-11H2,1-3H3,(H2,28,37). The van der Waals surface area contributed by atoms with E-state index in [0.717, 1.165) is 25.9 Å². The van der Waals surface area contributed by atoms with Crippen LogP contribution in [0.15, 0.2) is 34.8 Å². The predicted octanol–water partition coefficient (Wildman–Crippen LogP) is 0.627. The number of nitrogens with two attached hydrogens (primary N) is 1. The first-order valence-electron chi connectivity index (χ1n) is 12.8. The summed E-state index contributed by atoms with van der Waals surface area (Å²) in [6.07, 6.45) is 2.10. The van der Waals surface area contributed by atoms with Crippen molar-refractivity contribution >= 4 is 23.2 Å². The highest BCUT2D eigenvalue weighted by atomic mass is 16.3. The van der Waals surface area contributed by atoms with Crippen molar-refractivity contribution < 1.29 is 34.8 Å². The Morgan fingerprint density at radius 1 is 1.16 bits per heavy atom. The normalized spacial score (nSPS) is 30.3. The monoisotopic (exact) mass is 526 g/mol. The summed E-state index contributed by atoms with van der Waals surface area (Å²) in [6, 6.07) is 2.64. The molecule has 1 aromatic rings. The number of hydrogen-bond donors (Lipinski definition) is 6. The van der Waals surface area contributed by atoms with E-state index in [-0.39, 0.29) is 35.8 Å². The van der Waals surface area contributed by atoms with Gasteiger partial charge in [-0.1, -0.05) is 6.07 Å². The van der Waals surface area contributed by atoms with Crippen LogP contribution < -0.4 is 11.1 Å². The Labute approximate surface area is 220 Å². The van der Waals surface area contributed by atoms with Crippen LogP contribution in [-0.4, -0.2) is 99.6 Å². The van der Waals surface area contributed by atoms with E-state index < -0.39 is 58.0 Å². The fraction of sp³-hybridized carbons (Fsp3) is 0.519. The number of ketones is 2. The van der Waals surface area contributed by atoms with Crippen molar-refractivity contribution in [1.82, 2.24) is 9.80 Å². The molecule has 1 heterocycles. The van der Waals surface area contributed by atoms with Gasteiger partial charge in [0.25, 0.3) is 5.91 Å². The summed E-state index contributed by atoms with van der Waals surface area (Å²) in [5, 5.41) is 48.3. The zero-order chi connectivity index (χ0) is 27.7. The molecule has 0 radical (unpaired) electrons. The highest BCUT2D eigenvalue weighted by Crippen LogP contribution is 2.52. The average molecular weight is 527 g/mol. The second-order valence-corrected chi connectivity index (χ2v) is 11.2. The van der Waals surface area contributed by atoms with E-state index >= 15 is 0 Å². The van der Waals surface area contributed by atoms with Gasteiger partial charge >= 0.3 is 0 Å². The van der Waals surface area contributed by atoms with Crippen LogP contribution in [0.5, 0.6) is 5.75 Å². The lowest BCUT2D eigenvalue weighted by Crippen LogP contribution is -2.63. The largest absolute Gasteiger partial charge is 0.510 e. The van der Waals surface area contributed by atoms with Gasteiger partial charge in [0.2, 0.25) is 5.78 Å². The van der Waals surface area contributed by atoms with Crippen molar-refractivity contribution in [1.29, 1.82) is 0 Å². The number of fused-ring (bicyclic) bond motifs is 3. The van der Waals surface area contributed by atoms with Crippen LogP contribution in [0.3, 0.4) is 0 Å². The molecule has 7 N–H and O–H groups in total. The quantitative estimate of drug-likeness (QED) is 0.241. The van der Waals surface area contributed by atoms with Crippen molar-refractivity contribution in [2.75, 3.05) is 39.5 Å². The summed E-state index contributed by atoms with van der Waals surface area (Å²) >= 11 is 0. The number of aliphatic hydroxyl groups excluding tert-OH is 2. The molecular formula is C27H34N4O7. The molecule has 4 atom stereocenters. The number of Topliss-reactive ketones (excluding diaryl/α,β-unsaturated/α-hetero) is 2. The maximum atomic E-state index is 13.8. The molecule has 0 aromatic heterocycles. The number of primary amides is 1. The summed E-state index contributed by atoms with van der Waals surface area (Å²) in [4.78, 5) is 43.0. The Morgan fingerprint density at radius 2 is 1.82 bits per heavy atom. The first-order chi connectivity index (χ1) is 17.9. The van der Waals surface area contributed by atoms with Gasteiger partial charge in [0.1, 0.15) is 22.8 Å². The predicted molar refractivity (Wildman–Crippen MR) is 138 cm³/mol. The number of likely N-dealkylation sites (N-methyl/N-ethyl adjacent to an activating group) is 1. The Bertz CT molecular complexity index is 1290. The fourth-order valence-corrected chi connectivity index (χ4v) is 6.71. The van der Waals surface area contributed by atoms with Gasteiger partial charge < -0.3 is 36.4 Å². The molecule has 1 aliphatic heterocycles. The molecule has 0 spiro atoms. The Hall–Kier alpha value is -3.41. The first-order valence-corrected chi connectivity index (χ1v) is 12.8. The SMILES string of the molecule is CN1CCC(Nc2ccc3c(c2O)C(=O)C2=C(O)C4(O)C(=O)C(C(N)=O)=C(O)C(N(C)C)C4CC2C3)CC1. The first kappa shape index (κ1) is 26.2. The van der Waals surface area contributed by atoms with Crippen LogP contribution in [0.25, 0.3) is 0 Å². The number of benzene rings is 1. The Kier molecular flexibility index (Phi) is 6.28. The minimum Gasteiger partial charge on any atom is -0.510 e. The number of aromatic hydroxyl groups is 1. The number of nitrogens with zero attached hydrogens (tertiary/aromatic N) is 2. The number of phenols is 1. The number of piperidine rings is 1. The number of aliphatic hydroxyl groups is 3. The molecule has 4 aliphatic rings. The average Bonchev–Trinajstić information content (AvgIpc) is 2.84. The lowest BCUT2D eigenvalue weighted by atomic mass is 9.58. The minimum absolute atomic E-state index is 0.0173. The molecule has 1 amide bonds. The number of nitrogens with one attached hydrogen (secondary N) is 1. The zero-order valence-corrected chi connectivity index (χ0v) is 21.7. The van der Waals surface area contributed by atoms with Crippen molar-refractivity contribution in [3.8, 4) is 5.75 Å². The van der Waals surface area contributed by atoms with Gasteiger partial charge in [-0.3, -0.25) is 19.3 Å². The van der Waals surface area contributed by atoms with Crippen LogP contribution in [0.2, 0.25) is 0 Å². The molecular weight excluding hydrogens is 492 g/mol. The summed E-state index contributed by atoms with van der Waals surface area (Å²) in [6.45, 7) is 1.81. The third-order valence-corrected chi connectivity index (χ3v) is 8.67. The second-order valence-electron chi connectivity index (χ2n) is 11.2. The molecule has 11 heteroatoms. The molecule has 0 bridgehead atoms. The van der Waals surface area contributed by atoms with E-state index in [1.807, 2.05) is 7.05 Å². The number of rotatable bonds is 4. The lowest BCUT2D eigenvalue weighted by Gasteiger charge is -2.50. The number of anilines is 1. The molecule has 1 saturated heterocycles. The molecule has 4 unspecified atom stereocenters. The van der Waals surface area contributed by atoms with Gasteiger partial charge in [-0.05, 0) is 77.5 Å². The summed E-state index contributed by atoms with van der Waals surface area (Å²) in [5.74, 6) is -6.45. The fourth-order valence-electron chi connectivity index (χ4n) is 6.71. The van der Waals surface area contributed by atoms with E-state index in [0.29, 0.717) is 11.3 Å². The van der Waals surface area contributed by atoms with E-state index in [1.54, 1.807) is 26.2 Å². The maximum Gasteiger partial charge on any atom is 0.255 e. The Balaban J connectivity index is 1.58. The molecule has 204 valence electrons. The minimum atomic E-state index is -2.63. The molecule has 3 aliphatic carbocycles. The molecule has 0 saturated carbocycles. The number of carbonyl (C=O) groups is 3. The number of likely N-dealkylation sites (tertiary alicyclic amines) is 1. The number of carbonyl (C=O) groups excluding carboxylic acids is 3. The molecule has 1 fully saturated rings. The zero-order valence-electron chi connectivity index (χ0n) is 21.7. The van der Waals surface area contributed by atoms with E-state index in [2.05, 4.69) is 10.2 Å². The van der Waals surface area contributed by atoms with Gasteiger partial charge in [-0.15, -0.1) is 0 Å². The van der Waals surface area contributed by atoms with Crippen LogP contribution in [-0.2, 0) is 16.0 Å².